The molecule has 2 heteroatoms. The topological polar surface area (TPSA) is 29.3 Å². The molecule has 2 N–H and O–H groups in total. The molecule has 0 atom stereocenters. The summed E-state index contributed by atoms with van der Waals surface area (Å²) in [7, 11) is 0. The molecule has 120 valence electrons. The predicted molar refractivity (Wildman–Crippen MR) is 89.9 cm³/mol. The lowest BCUT2D eigenvalue weighted by atomic mass is 9.68. The zero-order chi connectivity index (χ0) is 15.4. The summed E-state index contributed by atoms with van der Waals surface area (Å²) >= 11 is 0. The van der Waals surface area contributed by atoms with Gasteiger partial charge in [-0.25, -0.2) is 0 Å². The quantitative estimate of drug-likeness (QED) is 0.748. The van der Waals surface area contributed by atoms with Crippen molar-refractivity contribution < 1.29 is 0 Å². The molecule has 1 aliphatic rings. The lowest BCUT2D eigenvalue weighted by molar-refractivity contribution is -0.0172. The Bertz CT molecular complexity index is 269. The van der Waals surface area contributed by atoms with E-state index in [4.69, 9.17) is 5.73 Å². The molecular weight excluding hydrogens is 244 g/mol. The molecule has 1 saturated carbocycles. The number of rotatable bonds is 7. The van der Waals surface area contributed by atoms with Crippen LogP contribution in [0.15, 0.2) is 0 Å². The molecule has 0 radical (unpaired) electrons. The third-order valence-corrected chi connectivity index (χ3v) is 5.47. The van der Waals surface area contributed by atoms with Gasteiger partial charge in [0.1, 0.15) is 0 Å². The summed E-state index contributed by atoms with van der Waals surface area (Å²) in [6.45, 7) is 16.2. The van der Waals surface area contributed by atoms with Gasteiger partial charge in [0.05, 0.1) is 0 Å². The van der Waals surface area contributed by atoms with Gasteiger partial charge in [-0.15, -0.1) is 0 Å². The van der Waals surface area contributed by atoms with Gasteiger partial charge in [-0.05, 0) is 49.9 Å². The zero-order valence-electron chi connectivity index (χ0n) is 14.8. The first kappa shape index (κ1) is 18.0. The summed E-state index contributed by atoms with van der Waals surface area (Å²) in [5, 5.41) is 0. The van der Waals surface area contributed by atoms with Gasteiger partial charge in [0.15, 0.2) is 0 Å². The number of nitrogens with two attached hydrogens (primary N) is 1. The monoisotopic (exact) mass is 282 g/mol. The molecule has 0 aromatic rings. The van der Waals surface area contributed by atoms with Gasteiger partial charge in [0.25, 0.3) is 0 Å². The normalized spacial score (nSPS) is 21.9. The second kappa shape index (κ2) is 7.26. The van der Waals surface area contributed by atoms with Crippen LogP contribution in [-0.4, -0.2) is 29.6 Å². The Kier molecular flexibility index (Phi) is 6.53. The zero-order valence-corrected chi connectivity index (χ0v) is 14.8. The van der Waals surface area contributed by atoms with Crippen LogP contribution in [0.1, 0.15) is 80.1 Å². The van der Waals surface area contributed by atoms with Crippen molar-refractivity contribution >= 4 is 0 Å². The molecular formula is C18H38N2. The first-order valence-corrected chi connectivity index (χ1v) is 8.77. The molecule has 0 saturated heterocycles. The highest BCUT2D eigenvalue weighted by molar-refractivity contribution is 5.00. The number of hydrogen-bond acceptors (Lipinski definition) is 2. The maximum absolute atomic E-state index is 6.31. The smallest absolute Gasteiger partial charge is 0.0335 e. The molecule has 0 aromatic heterocycles. The van der Waals surface area contributed by atoms with Crippen molar-refractivity contribution in [3.05, 3.63) is 0 Å². The Balaban J connectivity index is 2.95. The van der Waals surface area contributed by atoms with Crippen molar-refractivity contribution in [3.63, 3.8) is 0 Å². The Morgan fingerprint density at radius 3 is 1.85 bits per heavy atom. The SMILES string of the molecule is CCC(CC)N(CC(C)C)C1(CN)CCC(C)(C)CC1. The van der Waals surface area contributed by atoms with Crippen LogP contribution < -0.4 is 5.73 Å². The summed E-state index contributed by atoms with van der Waals surface area (Å²) in [6, 6.07) is 0.696. The average molecular weight is 283 g/mol. The Hall–Kier alpha value is -0.0800. The minimum absolute atomic E-state index is 0.260. The molecule has 0 spiro atoms. The van der Waals surface area contributed by atoms with Crippen molar-refractivity contribution in [1.29, 1.82) is 0 Å². The molecule has 1 rings (SSSR count). The Morgan fingerprint density at radius 2 is 1.50 bits per heavy atom. The average Bonchev–Trinajstić information content (AvgIpc) is 2.39. The third kappa shape index (κ3) is 4.21. The van der Waals surface area contributed by atoms with Gasteiger partial charge in [0, 0.05) is 24.7 Å². The second-order valence-corrected chi connectivity index (χ2v) is 8.11. The van der Waals surface area contributed by atoms with E-state index in [1.807, 2.05) is 0 Å². The largest absolute Gasteiger partial charge is 0.329 e. The minimum Gasteiger partial charge on any atom is -0.329 e. The summed E-state index contributed by atoms with van der Waals surface area (Å²) in [6.07, 6.45) is 7.68. The standard InChI is InChI=1S/C18H38N2/c1-7-16(8-2)20(13-15(3)4)18(14-19)11-9-17(5,6)10-12-18/h15-16H,7-14,19H2,1-6H3. The van der Waals surface area contributed by atoms with Gasteiger partial charge in [-0.3, -0.25) is 4.90 Å². The van der Waals surface area contributed by atoms with Crippen LogP contribution in [0.3, 0.4) is 0 Å². The van der Waals surface area contributed by atoms with E-state index < -0.39 is 0 Å². The fourth-order valence-corrected chi connectivity index (χ4v) is 3.85. The van der Waals surface area contributed by atoms with Gasteiger partial charge < -0.3 is 5.73 Å². The molecule has 1 aliphatic carbocycles. The fraction of sp³-hybridized carbons (Fsp3) is 1.00. The van der Waals surface area contributed by atoms with Crippen molar-refractivity contribution in [2.45, 2.75) is 91.6 Å². The predicted octanol–water partition coefficient (Wildman–Crippen LogP) is 4.43. The van der Waals surface area contributed by atoms with E-state index in [0.717, 1.165) is 6.54 Å². The third-order valence-electron chi connectivity index (χ3n) is 5.47. The van der Waals surface area contributed by atoms with Gasteiger partial charge in [-0.1, -0.05) is 41.5 Å². The maximum atomic E-state index is 6.31. The molecule has 1 fully saturated rings. The van der Waals surface area contributed by atoms with Crippen molar-refractivity contribution in [1.82, 2.24) is 4.90 Å². The van der Waals surface area contributed by atoms with Crippen LogP contribution in [0.4, 0.5) is 0 Å². The highest BCUT2D eigenvalue weighted by atomic mass is 15.2. The summed E-state index contributed by atoms with van der Waals surface area (Å²) in [5.74, 6) is 0.717. The molecule has 0 amide bonds. The van der Waals surface area contributed by atoms with Gasteiger partial charge in [0.2, 0.25) is 0 Å². The van der Waals surface area contributed by atoms with Crippen molar-refractivity contribution in [2.24, 2.45) is 17.1 Å². The minimum atomic E-state index is 0.260. The van der Waals surface area contributed by atoms with Gasteiger partial charge in [-0.2, -0.15) is 0 Å². The molecule has 0 unspecified atom stereocenters. The summed E-state index contributed by atoms with van der Waals surface area (Å²) in [4.78, 5) is 2.80. The van der Waals surface area contributed by atoms with Gasteiger partial charge >= 0.3 is 0 Å². The number of hydrogen-bond donors (Lipinski definition) is 1. The van der Waals surface area contributed by atoms with E-state index >= 15 is 0 Å². The lowest BCUT2D eigenvalue weighted by Gasteiger charge is -2.53. The fourth-order valence-electron chi connectivity index (χ4n) is 3.85. The van der Waals surface area contributed by atoms with E-state index in [1.54, 1.807) is 0 Å². The molecule has 0 heterocycles. The van der Waals surface area contributed by atoms with E-state index in [9.17, 15) is 0 Å². The van der Waals surface area contributed by atoms with Crippen LogP contribution in [0, 0.1) is 11.3 Å². The van der Waals surface area contributed by atoms with Crippen LogP contribution >= 0.6 is 0 Å². The molecule has 20 heavy (non-hydrogen) atoms. The van der Waals surface area contributed by atoms with E-state index in [2.05, 4.69) is 46.4 Å². The van der Waals surface area contributed by atoms with Crippen molar-refractivity contribution in [3.8, 4) is 0 Å². The van der Waals surface area contributed by atoms with Crippen LogP contribution in [0.2, 0.25) is 0 Å². The highest BCUT2D eigenvalue weighted by Gasteiger charge is 2.43. The molecule has 2 nitrogen and oxygen atoms in total. The molecule has 0 bridgehead atoms. The van der Waals surface area contributed by atoms with E-state index in [-0.39, 0.29) is 5.54 Å². The first-order valence-electron chi connectivity index (χ1n) is 8.77. The number of nitrogens with zero attached hydrogens (tertiary/aromatic N) is 1. The Labute approximate surface area is 127 Å². The van der Waals surface area contributed by atoms with Crippen LogP contribution in [-0.2, 0) is 0 Å². The van der Waals surface area contributed by atoms with Crippen LogP contribution in [0.5, 0.6) is 0 Å². The molecule has 0 aliphatic heterocycles. The van der Waals surface area contributed by atoms with E-state index in [1.165, 1.54) is 45.1 Å². The lowest BCUT2D eigenvalue weighted by Crippen LogP contribution is -2.60. The van der Waals surface area contributed by atoms with E-state index in [0.29, 0.717) is 17.4 Å². The summed E-state index contributed by atoms with van der Waals surface area (Å²) < 4.78 is 0. The summed E-state index contributed by atoms with van der Waals surface area (Å²) in [5.41, 5.74) is 7.08. The maximum Gasteiger partial charge on any atom is 0.0335 e. The van der Waals surface area contributed by atoms with Crippen molar-refractivity contribution in [2.75, 3.05) is 13.1 Å². The van der Waals surface area contributed by atoms with Crippen LogP contribution in [0.25, 0.3) is 0 Å². The second-order valence-electron chi connectivity index (χ2n) is 8.11. The highest BCUT2D eigenvalue weighted by Crippen LogP contribution is 2.44. The molecule has 0 aromatic carbocycles. The Morgan fingerprint density at radius 1 is 1.00 bits per heavy atom. The first-order chi connectivity index (χ1) is 9.30.